The number of benzene rings is 1. The number of carbonyl (C=O) groups is 2. The second-order valence-corrected chi connectivity index (χ2v) is 8.93. The van der Waals surface area contributed by atoms with Crippen LogP contribution < -0.4 is 5.32 Å². The number of thioether (sulfide) groups is 1. The molecule has 0 aromatic heterocycles. The van der Waals surface area contributed by atoms with Crippen LogP contribution in [0.3, 0.4) is 0 Å². The van der Waals surface area contributed by atoms with Gasteiger partial charge in [0.05, 0.1) is 30.8 Å². The minimum Gasteiger partial charge on any atom is -0.466 e. The van der Waals surface area contributed by atoms with E-state index in [2.05, 4.69) is 5.32 Å². The summed E-state index contributed by atoms with van der Waals surface area (Å²) in [6.07, 6.45) is 6.61. The maximum atomic E-state index is 12.8. The van der Waals surface area contributed by atoms with Crippen LogP contribution in [-0.2, 0) is 14.3 Å². The van der Waals surface area contributed by atoms with Crippen LogP contribution in [0, 0.1) is 0 Å². The number of ether oxygens (including phenoxy) is 1. The number of amidine groups is 1. The Morgan fingerprint density at radius 1 is 1.19 bits per heavy atom. The van der Waals surface area contributed by atoms with Crippen molar-refractivity contribution in [2.24, 2.45) is 4.99 Å². The van der Waals surface area contributed by atoms with Crippen molar-refractivity contribution in [3.63, 3.8) is 0 Å². The van der Waals surface area contributed by atoms with Gasteiger partial charge >= 0.3 is 5.97 Å². The second kappa shape index (κ2) is 9.73. The van der Waals surface area contributed by atoms with Gasteiger partial charge < -0.3 is 15.0 Å². The molecule has 1 aromatic carbocycles. The standard InChI is InChI=1S/C24H29N3O3S/c1-3-19-21(23(29)30-2)22(16-10-6-4-7-11-16)27-18(15-31-24(27)26-19)14-20(28)25-17-12-8-5-9-13-17/h4,6-7,10-11,15,17,22H,3,5,8-9,12-14H2,1-2H3,(H,25,28)/t22-/m1/s1. The van der Waals surface area contributed by atoms with Crippen molar-refractivity contribution >= 4 is 28.8 Å². The lowest BCUT2D eigenvalue weighted by Gasteiger charge is -2.36. The van der Waals surface area contributed by atoms with Gasteiger partial charge in [0.15, 0.2) is 5.17 Å². The van der Waals surface area contributed by atoms with E-state index in [-0.39, 0.29) is 30.4 Å². The van der Waals surface area contributed by atoms with Crippen LogP contribution in [0.1, 0.15) is 63.5 Å². The lowest BCUT2D eigenvalue weighted by Crippen LogP contribution is -2.40. The fourth-order valence-electron chi connectivity index (χ4n) is 4.55. The zero-order valence-corrected chi connectivity index (χ0v) is 18.9. The Morgan fingerprint density at radius 3 is 2.61 bits per heavy atom. The third-order valence-electron chi connectivity index (χ3n) is 6.06. The molecule has 4 rings (SSSR count). The summed E-state index contributed by atoms with van der Waals surface area (Å²) in [7, 11) is 1.40. The van der Waals surface area contributed by atoms with E-state index in [1.54, 1.807) is 0 Å². The highest BCUT2D eigenvalue weighted by Crippen LogP contribution is 2.45. The van der Waals surface area contributed by atoms with E-state index in [0.29, 0.717) is 12.0 Å². The molecule has 1 aromatic rings. The van der Waals surface area contributed by atoms with E-state index in [9.17, 15) is 9.59 Å². The van der Waals surface area contributed by atoms with Crippen molar-refractivity contribution in [1.82, 2.24) is 10.2 Å². The molecule has 0 unspecified atom stereocenters. The summed E-state index contributed by atoms with van der Waals surface area (Å²) >= 11 is 1.51. The van der Waals surface area contributed by atoms with Gasteiger partial charge in [-0.15, -0.1) is 0 Å². The maximum Gasteiger partial charge on any atom is 0.338 e. The Bertz CT molecular complexity index is 933. The number of nitrogens with one attached hydrogen (secondary N) is 1. The first-order valence-electron chi connectivity index (χ1n) is 11.0. The number of allylic oxidation sites excluding steroid dienone is 1. The number of nitrogens with zero attached hydrogens (tertiary/aromatic N) is 2. The molecule has 1 amide bonds. The zero-order valence-electron chi connectivity index (χ0n) is 18.1. The number of methoxy groups -OCH3 is 1. The van der Waals surface area contributed by atoms with Gasteiger partial charge in [0, 0.05) is 11.7 Å². The van der Waals surface area contributed by atoms with Crippen LogP contribution in [0.25, 0.3) is 0 Å². The molecule has 7 heteroatoms. The van der Waals surface area contributed by atoms with E-state index in [0.717, 1.165) is 35.0 Å². The first-order chi connectivity index (χ1) is 15.1. The molecule has 2 heterocycles. The smallest absolute Gasteiger partial charge is 0.338 e. The van der Waals surface area contributed by atoms with Crippen LogP contribution in [0.15, 0.2) is 57.7 Å². The average Bonchev–Trinajstić information content (AvgIpc) is 3.20. The fourth-order valence-corrected chi connectivity index (χ4v) is 5.49. The number of carbonyl (C=O) groups excluding carboxylic acids is 2. The molecule has 1 N–H and O–H groups in total. The number of hydrogen-bond acceptors (Lipinski definition) is 6. The van der Waals surface area contributed by atoms with Crippen molar-refractivity contribution in [2.75, 3.05) is 7.11 Å². The summed E-state index contributed by atoms with van der Waals surface area (Å²) in [5, 5.41) is 6.00. The zero-order chi connectivity index (χ0) is 21.8. The van der Waals surface area contributed by atoms with E-state index in [1.165, 1.54) is 38.1 Å². The predicted octanol–water partition coefficient (Wildman–Crippen LogP) is 4.66. The van der Waals surface area contributed by atoms with Gasteiger partial charge in [-0.05, 0) is 30.2 Å². The van der Waals surface area contributed by atoms with Gasteiger partial charge in [0.1, 0.15) is 0 Å². The van der Waals surface area contributed by atoms with E-state index < -0.39 is 0 Å². The normalized spacial score (nSPS) is 21.4. The summed E-state index contributed by atoms with van der Waals surface area (Å²) in [6, 6.07) is 9.80. The Labute approximate surface area is 187 Å². The van der Waals surface area contributed by atoms with E-state index in [1.807, 2.05) is 47.6 Å². The molecule has 2 aliphatic heterocycles. The van der Waals surface area contributed by atoms with Crippen molar-refractivity contribution in [3.05, 3.63) is 58.3 Å². The summed E-state index contributed by atoms with van der Waals surface area (Å²) in [6.45, 7) is 1.99. The van der Waals surface area contributed by atoms with Gasteiger partial charge in [-0.2, -0.15) is 0 Å². The highest BCUT2D eigenvalue weighted by atomic mass is 32.2. The molecule has 1 fully saturated rings. The lowest BCUT2D eigenvalue weighted by molar-refractivity contribution is -0.136. The second-order valence-electron chi connectivity index (χ2n) is 8.09. The quantitative estimate of drug-likeness (QED) is 0.653. The molecule has 1 atom stereocenters. The average molecular weight is 440 g/mol. The highest BCUT2D eigenvalue weighted by molar-refractivity contribution is 8.16. The van der Waals surface area contributed by atoms with Gasteiger partial charge in [-0.25, -0.2) is 9.79 Å². The number of hydrogen-bond donors (Lipinski definition) is 1. The molecule has 0 spiro atoms. The van der Waals surface area contributed by atoms with Gasteiger partial charge in [-0.1, -0.05) is 68.3 Å². The monoisotopic (exact) mass is 439 g/mol. The molecule has 6 nitrogen and oxygen atoms in total. The molecule has 0 saturated heterocycles. The molecule has 1 saturated carbocycles. The summed E-state index contributed by atoms with van der Waals surface area (Å²) in [4.78, 5) is 32.5. The number of esters is 1. The van der Waals surface area contributed by atoms with E-state index >= 15 is 0 Å². The fraction of sp³-hybridized carbons (Fsp3) is 0.458. The molecule has 31 heavy (non-hydrogen) atoms. The van der Waals surface area contributed by atoms with Gasteiger partial charge in [-0.3, -0.25) is 4.79 Å². The van der Waals surface area contributed by atoms with Gasteiger partial charge in [0.25, 0.3) is 0 Å². The highest BCUT2D eigenvalue weighted by Gasteiger charge is 2.41. The molecule has 0 radical (unpaired) electrons. The molecular weight excluding hydrogens is 410 g/mol. The Balaban J connectivity index is 1.63. The summed E-state index contributed by atoms with van der Waals surface area (Å²) < 4.78 is 5.14. The molecule has 1 aliphatic carbocycles. The minimum atomic E-state index is -0.378. The molecular formula is C24H29N3O3S. The van der Waals surface area contributed by atoms with Crippen molar-refractivity contribution in [1.29, 1.82) is 0 Å². The van der Waals surface area contributed by atoms with Crippen molar-refractivity contribution < 1.29 is 14.3 Å². The topological polar surface area (TPSA) is 71.0 Å². The number of rotatable bonds is 6. The Morgan fingerprint density at radius 2 is 1.94 bits per heavy atom. The third-order valence-corrected chi connectivity index (χ3v) is 6.95. The SMILES string of the molecule is CCC1=C(C(=O)OC)[C@@H](c2ccccc2)N2C(CC(=O)NC3CCCCC3)=CSC2=N1. The van der Waals surface area contributed by atoms with Crippen LogP contribution in [0.5, 0.6) is 0 Å². The van der Waals surface area contributed by atoms with E-state index in [4.69, 9.17) is 9.73 Å². The minimum absolute atomic E-state index is 0.0247. The number of fused-ring (bicyclic) bond motifs is 1. The first-order valence-corrected chi connectivity index (χ1v) is 11.9. The molecule has 164 valence electrons. The van der Waals surface area contributed by atoms with Crippen LogP contribution in [0.2, 0.25) is 0 Å². The number of aliphatic imine (C=N–C) groups is 1. The third kappa shape index (κ3) is 4.56. The lowest BCUT2D eigenvalue weighted by atomic mass is 9.93. The maximum absolute atomic E-state index is 12.8. The first kappa shape index (κ1) is 21.7. The Kier molecular flexibility index (Phi) is 6.80. The molecule has 3 aliphatic rings. The molecule has 0 bridgehead atoms. The van der Waals surface area contributed by atoms with Crippen LogP contribution in [0.4, 0.5) is 0 Å². The van der Waals surface area contributed by atoms with Crippen molar-refractivity contribution in [3.8, 4) is 0 Å². The van der Waals surface area contributed by atoms with Gasteiger partial charge in [0.2, 0.25) is 5.91 Å². The van der Waals surface area contributed by atoms with Crippen LogP contribution >= 0.6 is 11.8 Å². The summed E-state index contributed by atoms with van der Waals surface area (Å²) in [5.41, 5.74) is 3.12. The van der Waals surface area contributed by atoms with Crippen molar-refractivity contribution in [2.45, 2.75) is 64.0 Å². The Hall–Kier alpha value is -2.54. The number of amides is 1. The summed E-state index contributed by atoms with van der Waals surface area (Å²) in [5.74, 6) is -0.354. The largest absolute Gasteiger partial charge is 0.466 e. The predicted molar refractivity (Wildman–Crippen MR) is 123 cm³/mol. The van der Waals surface area contributed by atoms with Crippen LogP contribution in [-0.4, -0.2) is 35.1 Å².